The molecule has 0 bridgehead atoms. The van der Waals surface area contributed by atoms with E-state index in [1.165, 1.54) is 36.4 Å². The number of nitrogens with one attached hydrogen (secondary N) is 3. The lowest BCUT2D eigenvalue weighted by molar-refractivity contribution is -0.126. The molecule has 0 saturated carbocycles. The zero-order valence-corrected chi connectivity index (χ0v) is 19.3. The predicted molar refractivity (Wildman–Crippen MR) is 127 cm³/mol. The Morgan fingerprint density at radius 2 is 1.53 bits per heavy atom. The van der Waals surface area contributed by atoms with Crippen LogP contribution in [0.1, 0.15) is 22.8 Å². The number of amides is 2. The van der Waals surface area contributed by atoms with Crippen molar-refractivity contribution >= 4 is 27.5 Å². The van der Waals surface area contributed by atoms with Gasteiger partial charge in [-0.3, -0.25) is 25.2 Å². The lowest BCUT2D eigenvalue weighted by Gasteiger charge is -2.11. The van der Waals surface area contributed by atoms with Crippen molar-refractivity contribution in [1.82, 2.24) is 10.9 Å². The van der Waals surface area contributed by atoms with Gasteiger partial charge in [-0.2, -0.15) is 0 Å². The molecule has 0 atom stereocenters. The second-order valence-electron chi connectivity index (χ2n) is 7.07. The molecule has 3 aromatic carbocycles. The quantitative estimate of drug-likeness (QED) is 0.381. The van der Waals surface area contributed by atoms with Gasteiger partial charge in [-0.05, 0) is 61.0 Å². The number of ether oxygens (including phenoxy) is 2. The molecule has 2 amide bonds. The summed E-state index contributed by atoms with van der Waals surface area (Å²) in [5.41, 5.74) is 6.00. The standard InChI is InChI=1S/C24H25N3O6S/c1-2-33-21-12-14-22(15-13-21)34(30,31)27-20-10-8-19(9-11-20)24(29)26-25-23(28)17-32-16-18-6-4-3-5-7-18/h3-15,27H,2,16-17H2,1H3,(H,25,28)(H,26,29). The summed E-state index contributed by atoms with van der Waals surface area (Å²) in [5.74, 6) is -0.493. The lowest BCUT2D eigenvalue weighted by atomic mass is 10.2. The summed E-state index contributed by atoms with van der Waals surface area (Å²) in [6, 6.07) is 21.2. The third-order valence-electron chi connectivity index (χ3n) is 4.50. The second-order valence-corrected chi connectivity index (χ2v) is 8.75. The van der Waals surface area contributed by atoms with Crippen molar-refractivity contribution in [3.63, 3.8) is 0 Å². The zero-order valence-electron chi connectivity index (χ0n) is 18.5. The molecule has 3 N–H and O–H groups in total. The van der Waals surface area contributed by atoms with E-state index in [1.54, 1.807) is 12.1 Å². The van der Waals surface area contributed by atoms with Gasteiger partial charge in [-0.1, -0.05) is 30.3 Å². The van der Waals surface area contributed by atoms with Crippen molar-refractivity contribution in [1.29, 1.82) is 0 Å². The normalized spacial score (nSPS) is 10.9. The minimum atomic E-state index is -3.81. The molecule has 178 valence electrons. The fraction of sp³-hybridized carbons (Fsp3) is 0.167. The smallest absolute Gasteiger partial charge is 0.269 e. The number of hydrazine groups is 1. The third-order valence-corrected chi connectivity index (χ3v) is 5.90. The van der Waals surface area contributed by atoms with Crippen molar-refractivity contribution in [2.75, 3.05) is 17.9 Å². The summed E-state index contributed by atoms with van der Waals surface area (Å²) in [6.45, 7) is 2.37. The summed E-state index contributed by atoms with van der Waals surface area (Å²) in [7, 11) is -3.81. The van der Waals surface area contributed by atoms with Gasteiger partial charge in [0.1, 0.15) is 12.4 Å². The highest BCUT2D eigenvalue weighted by Gasteiger charge is 2.15. The molecule has 0 saturated heterocycles. The molecule has 3 aromatic rings. The van der Waals surface area contributed by atoms with Crippen LogP contribution >= 0.6 is 0 Å². The molecule has 34 heavy (non-hydrogen) atoms. The topological polar surface area (TPSA) is 123 Å². The van der Waals surface area contributed by atoms with Gasteiger partial charge in [-0.15, -0.1) is 0 Å². The first-order valence-corrected chi connectivity index (χ1v) is 11.9. The lowest BCUT2D eigenvalue weighted by Crippen LogP contribution is -2.43. The van der Waals surface area contributed by atoms with Crippen molar-refractivity contribution < 1.29 is 27.5 Å². The Hall–Kier alpha value is -3.89. The molecule has 0 spiro atoms. The minimum absolute atomic E-state index is 0.0787. The van der Waals surface area contributed by atoms with Crippen molar-refractivity contribution in [2.24, 2.45) is 0 Å². The Labute approximate surface area is 198 Å². The van der Waals surface area contributed by atoms with E-state index in [1.807, 2.05) is 37.3 Å². The molecule has 0 unspecified atom stereocenters. The van der Waals surface area contributed by atoms with Crippen molar-refractivity contribution in [3.05, 3.63) is 90.0 Å². The molecule has 0 radical (unpaired) electrons. The fourth-order valence-corrected chi connectivity index (χ4v) is 3.91. The van der Waals surface area contributed by atoms with Gasteiger partial charge in [-0.25, -0.2) is 8.42 Å². The third kappa shape index (κ3) is 7.32. The fourth-order valence-electron chi connectivity index (χ4n) is 2.86. The Kier molecular flexibility index (Phi) is 8.60. The molecule has 10 heteroatoms. The number of hydrogen-bond donors (Lipinski definition) is 3. The summed E-state index contributed by atoms with van der Waals surface area (Å²) in [4.78, 5) is 24.1. The van der Waals surface area contributed by atoms with Gasteiger partial charge >= 0.3 is 0 Å². The molecule has 0 aliphatic carbocycles. The number of carbonyl (C=O) groups excluding carboxylic acids is 2. The van der Waals surface area contributed by atoms with Gasteiger partial charge < -0.3 is 9.47 Å². The van der Waals surface area contributed by atoms with Crippen LogP contribution in [0.4, 0.5) is 5.69 Å². The van der Waals surface area contributed by atoms with Crippen LogP contribution in [0.3, 0.4) is 0 Å². The number of hydrogen-bond acceptors (Lipinski definition) is 6. The first-order valence-electron chi connectivity index (χ1n) is 10.4. The Morgan fingerprint density at radius 1 is 0.853 bits per heavy atom. The Morgan fingerprint density at radius 3 is 2.18 bits per heavy atom. The average Bonchev–Trinajstić information content (AvgIpc) is 2.84. The number of anilines is 1. The van der Waals surface area contributed by atoms with Gasteiger partial charge in [0.2, 0.25) is 0 Å². The molecule has 0 aliphatic rings. The van der Waals surface area contributed by atoms with Crippen LogP contribution in [-0.4, -0.2) is 33.4 Å². The molecule has 0 fully saturated rings. The van der Waals surface area contributed by atoms with Crippen molar-refractivity contribution in [2.45, 2.75) is 18.4 Å². The number of rotatable bonds is 10. The minimum Gasteiger partial charge on any atom is -0.494 e. The summed E-state index contributed by atoms with van der Waals surface area (Å²) in [6.07, 6.45) is 0. The number of carbonyl (C=O) groups is 2. The molecule has 0 aromatic heterocycles. The Bertz CT molecular complexity index is 1200. The monoisotopic (exact) mass is 483 g/mol. The van der Waals surface area contributed by atoms with Crippen LogP contribution < -0.4 is 20.3 Å². The van der Waals surface area contributed by atoms with E-state index in [0.29, 0.717) is 12.4 Å². The molecule has 0 aliphatic heterocycles. The highest BCUT2D eigenvalue weighted by atomic mass is 32.2. The zero-order chi connectivity index (χ0) is 24.4. The first kappa shape index (κ1) is 24.7. The van der Waals surface area contributed by atoms with Crippen LogP contribution in [0.2, 0.25) is 0 Å². The summed E-state index contributed by atoms with van der Waals surface area (Å²) in [5, 5.41) is 0. The van der Waals surface area contributed by atoms with Gasteiger partial charge in [0.15, 0.2) is 0 Å². The first-order chi connectivity index (χ1) is 16.4. The van der Waals surface area contributed by atoms with E-state index in [0.717, 1.165) is 5.56 Å². The van der Waals surface area contributed by atoms with Crippen molar-refractivity contribution in [3.8, 4) is 5.75 Å². The Balaban J connectivity index is 1.47. The van der Waals surface area contributed by atoms with Crippen LogP contribution in [0.5, 0.6) is 5.75 Å². The van der Waals surface area contributed by atoms with E-state index in [-0.39, 0.29) is 29.4 Å². The number of sulfonamides is 1. The molecular weight excluding hydrogens is 458 g/mol. The van der Waals surface area contributed by atoms with E-state index in [2.05, 4.69) is 15.6 Å². The van der Waals surface area contributed by atoms with Gasteiger partial charge in [0, 0.05) is 11.3 Å². The maximum absolute atomic E-state index is 12.6. The highest BCUT2D eigenvalue weighted by molar-refractivity contribution is 7.92. The van der Waals surface area contributed by atoms with Crippen LogP contribution in [0, 0.1) is 0 Å². The van der Waals surface area contributed by atoms with Gasteiger partial charge in [0.05, 0.1) is 18.1 Å². The largest absolute Gasteiger partial charge is 0.494 e. The maximum Gasteiger partial charge on any atom is 0.269 e. The second kappa shape index (κ2) is 11.8. The average molecular weight is 484 g/mol. The SMILES string of the molecule is CCOc1ccc(S(=O)(=O)Nc2ccc(C(=O)NNC(=O)COCc3ccccc3)cc2)cc1. The van der Waals surface area contributed by atoms with Crippen LogP contribution in [-0.2, 0) is 26.2 Å². The maximum atomic E-state index is 12.6. The van der Waals surface area contributed by atoms with Gasteiger partial charge in [0.25, 0.3) is 21.8 Å². The molecular formula is C24H25N3O6S. The van der Waals surface area contributed by atoms with E-state index >= 15 is 0 Å². The van der Waals surface area contributed by atoms with Crippen LogP contribution in [0.25, 0.3) is 0 Å². The molecule has 3 rings (SSSR count). The summed E-state index contributed by atoms with van der Waals surface area (Å²) < 4.78 is 38.2. The van der Waals surface area contributed by atoms with Crippen LogP contribution in [0.15, 0.2) is 83.8 Å². The summed E-state index contributed by atoms with van der Waals surface area (Å²) >= 11 is 0. The highest BCUT2D eigenvalue weighted by Crippen LogP contribution is 2.19. The van der Waals surface area contributed by atoms with E-state index in [9.17, 15) is 18.0 Å². The predicted octanol–water partition coefficient (Wildman–Crippen LogP) is 2.86. The van der Waals surface area contributed by atoms with E-state index < -0.39 is 21.8 Å². The van der Waals surface area contributed by atoms with E-state index in [4.69, 9.17) is 9.47 Å². The molecule has 0 heterocycles. The molecule has 9 nitrogen and oxygen atoms in total. The number of benzene rings is 3.